The molecule has 0 saturated heterocycles. The Balaban J connectivity index is 0.000000198. The molecular weight excluding hydrogens is 713 g/mol. The maximum absolute atomic E-state index is 3.74. The van der Waals surface area contributed by atoms with Crippen LogP contribution >= 0.6 is 0 Å². The Labute approximate surface area is 355 Å². The summed E-state index contributed by atoms with van der Waals surface area (Å²) in [4.78, 5) is 0. The van der Waals surface area contributed by atoms with Gasteiger partial charge in [0.25, 0.3) is 0 Å². The Morgan fingerprint density at radius 3 is 1.12 bits per heavy atom. The molecule has 0 aromatic heterocycles. The van der Waals surface area contributed by atoms with Crippen molar-refractivity contribution in [3.8, 4) is 0 Å². The number of rotatable bonds is 15. The van der Waals surface area contributed by atoms with Crippen LogP contribution in [-0.2, 0) is 5.41 Å². The Hall–Kier alpha value is -5.86. The lowest BCUT2D eigenvalue weighted by Gasteiger charge is -2.29. The number of anilines is 4. The Morgan fingerprint density at radius 2 is 0.746 bits per heavy atom. The molecule has 2 heteroatoms. The smallest absolute Gasteiger partial charge is 0.0423 e. The first-order valence-electron chi connectivity index (χ1n) is 21.7. The minimum Gasteiger partial charge on any atom is -0.355 e. The highest BCUT2D eigenvalue weighted by atomic mass is 14.9. The van der Waals surface area contributed by atoms with E-state index >= 15 is 0 Å². The second-order valence-electron chi connectivity index (χ2n) is 17.0. The fourth-order valence-corrected chi connectivity index (χ4v) is 8.62. The van der Waals surface area contributed by atoms with Gasteiger partial charge in [-0.25, -0.2) is 0 Å². The van der Waals surface area contributed by atoms with Crippen molar-refractivity contribution in [2.45, 2.75) is 90.9 Å². The van der Waals surface area contributed by atoms with E-state index in [1.807, 2.05) is 0 Å². The van der Waals surface area contributed by atoms with E-state index in [0.717, 1.165) is 23.0 Å². The average molecular weight is 777 g/mol. The third-order valence-corrected chi connectivity index (χ3v) is 12.0. The van der Waals surface area contributed by atoms with Crippen molar-refractivity contribution in [2.75, 3.05) is 10.6 Å². The minimum atomic E-state index is 0.201. The standard InChI is InChI=1S/C29H37N.C28H27N/c1-6-12-22(2)21-29(4,5)25-17-19-26(20-18-25)30-28-16-11-10-15-27(28)23(3)24-13-8-7-9-14-24;1-21(23-13-5-3-6-14-23)25-17-9-11-19-27(25)29-28-20-12-10-18-26(28)22(2)24-15-7-4-8-16-24/h7-11,13-20,22-23,30H,6,12,21H2,1-5H3;3-22,29H,1-2H3. The SMILES string of the molecule is CC(c1ccccc1)c1ccccc1Nc1ccccc1C(C)c1ccccc1.CCCC(C)CC(C)(C)c1ccc(Nc2ccccc2C(C)c2ccccc2)cc1. The molecule has 0 aliphatic heterocycles. The maximum Gasteiger partial charge on any atom is 0.0423 e. The van der Waals surface area contributed by atoms with Gasteiger partial charge in [0.15, 0.2) is 0 Å². The molecule has 0 aliphatic rings. The highest BCUT2D eigenvalue weighted by molar-refractivity contribution is 5.69. The van der Waals surface area contributed by atoms with Crippen LogP contribution in [0.15, 0.2) is 188 Å². The van der Waals surface area contributed by atoms with Crippen LogP contribution in [0, 0.1) is 5.92 Å². The largest absolute Gasteiger partial charge is 0.355 e. The molecule has 0 fully saturated rings. The van der Waals surface area contributed by atoms with Crippen LogP contribution in [0.25, 0.3) is 0 Å². The third kappa shape index (κ3) is 11.4. The van der Waals surface area contributed by atoms with Gasteiger partial charge in [0, 0.05) is 40.5 Å². The van der Waals surface area contributed by atoms with E-state index in [9.17, 15) is 0 Å². The molecule has 59 heavy (non-hydrogen) atoms. The van der Waals surface area contributed by atoms with Crippen molar-refractivity contribution in [2.24, 2.45) is 5.92 Å². The summed E-state index contributed by atoms with van der Waals surface area (Å²) in [6.07, 6.45) is 3.80. The quantitative estimate of drug-likeness (QED) is 0.108. The number of para-hydroxylation sites is 3. The summed E-state index contributed by atoms with van der Waals surface area (Å²) in [7, 11) is 0. The zero-order chi connectivity index (χ0) is 41.6. The summed E-state index contributed by atoms with van der Waals surface area (Å²) in [5.74, 6) is 1.74. The first-order valence-corrected chi connectivity index (χ1v) is 21.7. The van der Waals surface area contributed by atoms with Crippen LogP contribution in [-0.4, -0.2) is 0 Å². The molecular formula is C57H64N2. The fraction of sp³-hybridized carbons (Fsp3) is 0.263. The zero-order valence-corrected chi connectivity index (χ0v) is 36.3. The molecule has 0 radical (unpaired) electrons. The molecule has 0 saturated carbocycles. The summed E-state index contributed by atoms with van der Waals surface area (Å²) >= 11 is 0. The van der Waals surface area contributed by atoms with Crippen molar-refractivity contribution >= 4 is 22.7 Å². The number of benzene rings is 7. The molecule has 0 bridgehead atoms. The van der Waals surface area contributed by atoms with Crippen LogP contribution in [0.3, 0.4) is 0 Å². The van der Waals surface area contributed by atoms with Crippen molar-refractivity contribution < 1.29 is 0 Å². The molecule has 7 rings (SSSR count). The molecule has 4 unspecified atom stereocenters. The highest BCUT2D eigenvalue weighted by Gasteiger charge is 2.23. The van der Waals surface area contributed by atoms with Gasteiger partial charge in [-0.15, -0.1) is 0 Å². The first-order chi connectivity index (χ1) is 28.6. The van der Waals surface area contributed by atoms with Gasteiger partial charge in [0.1, 0.15) is 0 Å². The predicted octanol–water partition coefficient (Wildman–Crippen LogP) is 16.4. The third-order valence-electron chi connectivity index (χ3n) is 12.0. The molecule has 4 atom stereocenters. The normalized spacial score (nSPS) is 13.3. The van der Waals surface area contributed by atoms with E-state index in [-0.39, 0.29) is 5.41 Å². The number of hydrogen-bond donors (Lipinski definition) is 2. The van der Waals surface area contributed by atoms with E-state index in [4.69, 9.17) is 0 Å². The monoisotopic (exact) mass is 777 g/mol. The lowest BCUT2D eigenvalue weighted by molar-refractivity contribution is 0.361. The Kier molecular flexibility index (Phi) is 15.0. The van der Waals surface area contributed by atoms with Crippen LogP contribution in [0.4, 0.5) is 22.7 Å². The molecule has 0 aliphatic carbocycles. The molecule has 7 aromatic rings. The van der Waals surface area contributed by atoms with Crippen LogP contribution in [0.1, 0.15) is 124 Å². The summed E-state index contributed by atoms with van der Waals surface area (Å²) in [6.45, 7) is 16.2. The van der Waals surface area contributed by atoms with Gasteiger partial charge < -0.3 is 10.6 Å². The van der Waals surface area contributed by atoms with Gasteiger partial charge in [0.2, 0.25) is 0 Å². The van der Waals surface area contributed by atoms with Crippen molar-refractivity contribution in [3.05, 3.63) is 227 Å². The van der Waals surface area contributed by atoms with E-state index in [0.29, 0.717) is 17.8 Å². The average Bonchev–Trinajstić information content (AvgIpc) is 3.27. The fourth-order valence-electron chi connectivity index (χ4n) is 8.62. The molecule has 0 heterocycles. The molecule has 302 valence electrons. The predicted molar refractivity (Wildman–Crippen MR) is 256 cm³/mol. The Bertz CT molecular complexity index is 2210. The summed E-state index contributed by atoms with van der Waals surface area (Å²) in [5, 5.41) is 7.41. The van der Waals surface area contributed by atoms with Crippen molar-refractivity contribution in [1.82, 2.24) is 0 Å². The van der Waals surface area contributed by atoms with Gasteiger partial charge in [-0.05, 0) is 87.0 Å². The van der Waals surface area contributed by atoms with E-state index in [1.54, 1.807) is 0 Å². The van der Waals surface area contributed by atoms with Gasteiger partial charge in [-0.1, -0.05) is 219 Å². The van der Waals surface area contributed by atoms with E-state index in [2.05, 4.69) is 247 Å². The van der Waals surface area contributed by atoms with Crippen molar-refractivity contribution in [1.29, 1.82) is 0 Å². The lowest BCUT2D eigenvalue weighted by Crippen LogP contribution is -2.20. The van der Waals surface area contributed by atoms with Gasteiger partial charge in [0.05, 0.1) is 0 Å². The van der Waals surface area contributed by atoms with Gasteiger partial charge in [-0.2, -0.15) is 0 Å². The van der Waals surface area contributed by atoms with Gasteiger partial charge in [-0.3, -0.25) is 0 Å². The van der Waals surface area contributed by atoms with Crippen LogP contribution in [0.5, 0.6) is 0 Å². The molecule has 0 spiro atoms. The second-order valence-corrected chi connectivity index (χ2v) is 17.0. The summed E-state index contributed by atoms with van der Waals surface area (Å²) in [6, 6.07) is 67.1. The highest BCUT2D eigenvalue weighted by Crippen LogP contribution is 2.37. The summed E-state index contributed by atoms with van der Waals surface area (Å²) < 4.78 is 0. The molecule has 2 N–H and O–H groups in total. The van der Waals surface area contributed by atoms with Crippen LogP contribution in [0.2, 0.25) is 0 Å². The van der Waals surface area contributed by atoms with E-state index < -0.39 is 0 Å². The maximum atomic E-state index is 3.74. The van der Waals surface area contributed by atoms with Crippen molar-refractivity contribution in [3.63, 3.8) is 0 Å². The molecule has 2 nitrogen and oxygen atoms in total. The van der Waals surface area contributed by atoms with E-state index in [1.165, 1.54) is 63.9 Å². The van der Waals surface area contributed by atoms with Gasteiger partial charge >= 0.3 is 0 Å². The zero-order valence-electron chi connectivity index (χ0n) is 36.3. The number of nitrogens with one attached hydrogen (secondary N) is 2. The minimum absolute atomic E-state index is 0.201. The second kappa shape index (κ2) is 20.7. The Morgan fingerprint density at radius 1 is 0.407 bits per heavy atom. The molecule has 7 aromatic carbocycles. The van der Waals surface area contributed by atoms with Crippen LogP contribution < -0.4 is 10.6 Å². The lowest BCUT2D eigenvalue weighted by atomic mass is 9.76. The first kappa shape index (κ1) is 42.7. The number of hydrogen-bond acceptors (Lipinski definition) is 2. The molecule has 0 amide bonds. The summed E-state index contributed by atoms with van der Waals surface area (Å²) in [5.41, 5.74) is 14.2. The topological polar surface area (TPSA) is 24.1 Å².